The van der Waals surface area contributed by atoms with E-state index in [1.807, 2.05) is 42.7 Å². The molecule has 7 heteroatoms. The van der Waals surface area contributed by atoms with Crippen LogP contribution in [-0.4, -0.2) is 32.2 Å². The smallest absolute Gasteiger partial charge is 0.221 e. The van der Waals surface area contributed by atoms with Crippen molar-refractivity contribution in [2.75, 3.05) is 11.1 Å². The number of hydrogen-bond acceptors (Lipinski definition) is 5. The number of aryl methyl sites for hydroxylation is 2. The number of thioether (sulfide) groups is 1. The zero-order valence-electron chi connectivity index (χ0n) is 15.4. The van der Waals surface area contributed by atoms with Crippen molar-refractivity contribution in [1.29, 1.82) is 0 Å². The molecule has 2 aromatic carbocycles. The molecule has 138 valence electrons. The van der Waals surface area contributed by atoms with E-state index in [0.29, 0.717) is 16.4 Å². The van der Waals surface area contributed by atoms with E-state index in [9.17, 15) is 9.59 Å². The topological polar surface area (TPSA) is 76.9 Å². The van der Waals surface area contributed by atoms with Crippen molar-refractivity contribution < 1.29 is 9.59 Å². The quantitative estimate of drug-likeness (QED) is 0.520. The number of rotatable bonds is 6. The third-order valence-electron chi connectivity index (χ3n) is 4.01. The molecule has 0 aliphatic carbocycles. The van der Waals surface area contributed by atoms with Gasteiger partial charge in [-0.25, -0.2) is 0 Å². The monoisotopic (exact) mass is 380 g/mol. The second kappa shape index (κ2) is 8.18. The number of Topliss-reactive ketones (excluding diaryl/α,β-unsaturated/α-hetero) is 1. The highest BCUT2D eigenvalue weighted by Crippen LogP contribution is 2.24. The molecular weight excluding hydrogens is 360 g/mol. The van der Waals surface area contributed by atoms with Gasteiger partial charge in [0.2, 0.25) is 5.91 Å². The number of hydrogen-bond donors (Lipinski definition) is 1. The number of aromatic nitrogens is 3. The fourth-order valence-corrected chi connectivity index (χ4v) is 3.57. The van der Waals surface area contributed by atoms with Gasteiger partial charge < -0.3 is 5.32 Å². The molecule has 0 bridgehead atoms. The molecule has 0 saturated carbocycles. The van der Waals surface area contributed by atoms with E-state index in [2.05, 4.69) is 15.5 Å². The molecule has 27 heavy (non-hydrogen) atoms. The lowest BCUT2D eigenvalue weighted by Gasteiger charge is -2.11. The average molecular weight is 380 g/mol. The molecule has 1 N–H and O–H groups in total. The maximum absolute atomic E-state index is 12.5. The van der Waals surface area contributed by atoms with Crippen molar-refractivity contribution in [2.24, 2.45) is 0 Å². The van der Waals surface area contributed by atoms with Crippen LogP contribution in [0.1, 0.15) is 28.7 Å². The van der Waals surface area contributed by atoms with E-state index in [1.165, 1.54) is 18.7 Å². The van der Waals surface area contributed by atoms with Gasteiger partial charge in [0, 0.05) is 18.2 Å². The molecule has 0 fully saturated rings. The van der Waals surface area contributed by atoms with Gasteiger partial charge >= 0.3 is 0 Å². The number of ketones is 1. The fraction of sp³-hybridized carbons (Fsp3) is 0.200. The summed E-state index contributed by atoms with van der Waals surface area (Å²) in [5.74, 6) is 0.879. The van der Waals surface area contributed by atoms with Gasteiger partial charge in [0.1, 0.15) is 5.82 Å². The van der Waals surface area contributed by atoms with Crippen LogP contribution in [0.15, 0.2) is 53.7 Å². The van der Waals surface area contributed by atoms with Crippen LogP contribution >= 0.6 is 11.8 Å². The minimum atomic E-state index is -0.143. The molecule has 3 rings (SSSR count). The van der Waals surface area contributed by atoms with E-state index >= 15 is 0 Å². The molecule has 1 amide bonds. The van der Waals surface area contributed by atoms with Crippen LogP contribution in [0.4, 0.5) is 5.69 Å². The fourth-order valence-electron chi connectivity index (χ4n) is 2.68. The molecule has 3 aromatic rings. The van der Waals surface area contributed by atoms with Gasteiger partial charge in [0.25, 0.3) is 0 Å². The van der Waals surface area contributed by atoms with Crippen molar-refractivity contribution in [3.8, 4) is 5.69 Å². The summed E-state index contributed by atoms with van der Waals surface area (Å²) in [6.45, 7) is 5.37. The number of para-hydroxylation sites is 1. The zero-order valence-corrected chi connectivity index (χ0v) is 16.2. The summed E-state index contributed by atoms with van der Waals surface area (Å²) in [6.07, 6.45) is 0. The molecule has 1 heterocycles. The van der Waals surface area contributed by atoms with Crippen molar-refractivity contribution in [2.45, 2.75) is 25.9 Å². The Labute approximate surface area is 162 Å². The summed E-state index contributed by atoms with van der Waals surface area (Å²) in [5, 5.41) is 11.8. The molecule has 0 aliphatic rings. The number of carbonyl (C=O) groups excluding carboxylic acids is 2. The average Bonchev–Trinajstić information content (AvgIpc) is 3.01. The first-order chi connectivity index (χ1) is 13.0. The number of nitrogens with one attached hydrogen (secondary N) is 1. The molecule has 0 radical (unpaired) electrons. The van der Waals surface area contributed by atoms with Crippen molar-refractivity contribution in [1.82, 2.24) is 14.8 Å². The molecule has 6 nitrogen and oxygen atoms in total. The molecule has 0 atom stereocenters. The molecule has 0 spiro atoms. The van der Waals surface area contributed by atoms with Crippen molar-refractivity contribution >= 4 is 29.1 Å². The Hall–Kier alpha value is -2.93. The summed E-state index contributed by atoms with van der Waals surface area (Å²) in [7, 11) is 0. The SMILES string of the molecule is CC(=O)Nc1ccc(C(=O)CSc2nnc(C)n2-c2ccccc2C)cc1. The first-order valence-electron chi connectivity index (χ1n) is 8.47. The van der Waals surface area contributed by atoms with Gasteiger partial charge in [-0.2, -0.15) is 0 Å². The second-order valence-corrected chi connectivity index (χ2v) is 7.06. The number of benzene rings is 2. The number of carbonyl (C=O) groups is 2. The lowest BCUT2D eigenvalue weighted by molar-refractivity contribution is -0.114. The predicted molar refractivity (Wildman–Crippen MR) is 107 cm³/mol. The Balaban J connectivity index is 1.73. The summed E-state index contributed by atoms with van der Waals surface area (Å²) >= 11 is 1.36. The van der Waals surface area contributed by atoms with E-state index in [0.717, 1.165) is 17.1 Å². The van der Waals surface area contributed by atoms with Crippen LogP contribution in [0.25, 0.3) is 5.69 Å². The van der Waals surface area contributed by atoms with Gasteiger partial charge in [-0.1, -0.05) is 30.0 Å². The van der Waals surface area contributed by atoms with Crippen LogP contribution in [0.2, 0.25) is 0 Å². The molecule has 0 saturated heterocycles. The maximum Gasteiger partial charge on any atom is 0.221 e. The number of nitrogens with zero attached hydrogens (tertiary/aromatic N) is 3. The van der Waals surface area contributed by atoms with Crippen LogP contribution in [0.3, 0.4) is 0 Å². The number of anilines is 1. The van der Waals surface area contributed by atoms with E-state index in [4.69, 9.17) is 0 Å². The normalized spacial score (nSPS) is 10.6. The Morgan fingerprint density at radius 1 is 1.04 bits per heavy atom. The van der Waals surface area contributed by atoms with E-state index in [-0.39, 0.29) is 17.4 Å². The lowest BCUT2D eigenvalue weighted by atomic mass is 10.1. The second-order valence-electron chi connectivity index (χ2n) is 6.12. The summed E-state index contributed by atoms with van der Waals surface area (Å²) in [6, 6.07) is 14.9. The Morgan fingerprint density at radius 2 is 1.74 bits per heavy atom. The lowest BCUT2D eigenvalue weighted by Crippen LogP contribution is -2.07. The first-order valence-corrected chi connectivity index (χ1v) is 9.46. The maximum atomic E-state index is 12.5. The van der Waals surface area contributed by atoms with Gasteiger partial charge in [-0.3, -0.25) is 14.2 Å². The summed E-state index contributed by atoms with van der Waals surface area (Å²) < 4.78 is 1.97. The third-order valence-corrected chi connectivity index (χ3v) is 4.94. The van der Waals surface area contributed by atoms with Gasteiger partial charge in [0.05, 0.1) is 11.4 Å². The molecule has 1 aromatic heterocycles. The molecule has 0 aliphatic heterocycles. The first kappa shape index (κ1) is 18.8. The highest BCUT2D eigenvalue weighted by molar-refractivity contribution is 7.99. The largest absolute Gasteiger partial charge is 0.326 e. The third kappa shape index (κ3) is 4.43. The van der Waals surface area contributed by atoms with E-state index in [1.54, 1.807) is 24.3 Å². The van der Waals surface area contributed by atoms with Crippen LogP contribution in [0, 0.1) is 13.8 Å². The van der Waals surface area contributed by atoms with Crippen LogP contribution in [-0.2, 0) is 4.79 Å². The number of amides is 1. The summed E-state index contributed by atoms with van der Waals surface area (Å²) in [5.41, 5.74) is 3.38. The zero-order chi connectivity index (χ0) is 19.4. The standard InChI is InChI=1S/C20H20N4O2S/c1-13-6-4-5-7-18(13)24-14(2)22-23-20(24)27-12-19(26)16-8-10-17(11-9-16)21-15(3)25/h4-11H,12H2,1-3H3,(H,21,25). The van der Waals surface area contributed by atoms with Crippen molar-refractivity contribution in [3.63, 3.8) is 0 Å². The summed E-state index contributed by atoms with van der Waals surface area (Å²) in [4.78, 5) is 23.6. The van der Waals surface area contributed by atoms with Crippen molar-refractivity contribution in [3.05, 3.63) is 65.5 Å². The van der Waals surface area contributed by atoms with Crippen LogP contribution in [0.5, 0.6) is 0 Å². The molecular formula is C20H20N4O2S. The van der Waals surface area contributed by atoms with Crippen LogP contribution < -0.4 is 5.32 Å². The predicted octanol–water partition coefficient (Wildman–Crippen LogP) is 3.82. The Bertz CT molecular complexity index is 980. The van der Waals surface area contributed by atoms with Gasteiger partial charge in [0.15, 0.2) is 10.9 Å². The Kier molecular flexibility index (Phi) is 5.71. The highest BCUT2D eigenvalue weighted by atomic mass is 32.2. The molecule has 0 unspecified atom stereocenters. The highest BCUT2D eigenvalue weighted by Gasteiger charge is 2.15. The van der Waals surface area contributed by atoms with E-state index < -0.39 is 0 Å². The van der Waals surface area contributed by atoms with Gasteiger partial charge in [-0.15, -0.1) is 10.2 Å². The minimum Gasteiger partial charge on any atom is -0.326 e. The van der Waals surface area contributed by atoms with Gasteiger partial charge in [-0.05, 0) is 49.7 Å². The Morgan fingerprint density at radius 3 is 2.41 bits per heavy atom. The minimum absolute atomic E-state index is 0.00800.